The standard InChI is InChI=1S/C14H20FN3O2/c1-9(2)8-20-5-4-18-12-7-13(19-3)10(15)6-11(12)17-14(18)16/h6-7,9H,4-5,8H2,1-3H3,(H2,16,17). The number of hydrogen-bond acceptors (Lipinski definition) is 4. The van der Waals surface area contributed by atoms with Crippen molar-refractivity contribution in [3.05, 3.63) is 17.9 Å². The van der Waals surface area contributed by atoms with E-state index in [1.807, 2.05) is 0 Å². The van der Waals surface area contributed by atoms with Crippen molar-refractivity contribution in [3.8, 4) is 5.75 Å². The molecule has 0 atom stereocenters. The van der Waals surface area contributed by atoms with Crippen LogP contribution in [0.4, 0.5) is 10.3 Å². The average Bonchev–Trinajstić information content (AvgIpc) is 2.68. The Labute approximate surface area is 117 Å². The molecule has 0 spiro atoms. The molecule has 0 fully saturated rings. The van der Waals surface area contributed by atoms with E-state index in [1.165, 1.54) is 13.2 Å². The smallest absolute Gasteiger partial charge is 0.201 e. The Morgan fingerprint density at radius 1 is 1.40 bits per heavy atom. The summed E-state index contributed by atoms with van der Waals surface area (Å²) in [5.41, 5.74) is 7.13. The molecule has 6 heteroatoms. The van der Waals surface area contributed by atoms with Crippen LogP contribution in [0.2, 0.25) is 0 Å². The Balaban J connectivity index is 2.21. The summed E-state index contributed by atoms with van der Waals surface area (Å²) >= 11 is 0. The van der Waals surface area contributed by atoms with Gasteiger partial charge >= 0.3 is 0 Å². The molecule has 0 amide bonds. The number of halogens is 1. The van der Waals surface area contributed by atoms with Gasteiger partial charge in [-0.25, -0.2) is 9.37 Å². The first-order chi connectivity index (χ1) is 9.52. The van der Waals surface area contributed by atoms with Crippen LogP contribution in [0, 0.1) is 11.7 Å². The normalized spacial score (nSPS) is 11.4. The molecule has 2 rings (SSSR count). The van der Waals surface area contributed by atoms with E-state index in [2.05, 4.69) is 18.8 Å². The number of imidazole rings is 1. The zero-order chi connectivity index (χ0) is 14.7. The molecule has 0 bridgehead atoms. The van der Waals surface area contributed by atoms with Gasteiger partial charge in [-0.15, -0.1) is 0 Å². The summed E-state index contributed by atoms with van der Waals surface area (Å²) in [5.74, 6) is 0.573. The second-order valence-corrected chi connectivity index (χ2v) is 5.07. The van der Waals surface area contributed by atoms with E-state index in [-0.39, 0.29) is 5.75 Å². The van der Waals surface area contributed by atoms with Crippen molar-refractivity contribution >= 4 is 17.0 Å². The van der Waals surface area contributed by atoms with E-state index >= 15 is 0 Å². The maximum Gasteiger partial charge on any atom is 0.201 e. The fraction of sp³-hybridized carbons (Fsp3) is 0.500. The number of nitrogens with two attached hydrogens (primary N) is 1. The van der Waals surface area contributed by atoms with Gasteiger partial charge in [0.05, 0.1) is 24.8 Å². The van der Waals surface area contributed by atoms with Crippen LogP contribution in [0.5, 0.6) is 5.75 Å². The van der Waals surface area contributed by atoms with Gasteiger partial charge in [0.25, 0.3) is 0 Å². The minimum atomic E-state index is -0.444. The van der Waals surface area contributed by atoms with E-state index in [9.17, 15) is 4.39 Å². The first kappa shape index (κ1) is 14.6. The summed E-state index contributed by atoms with van der Waals surface area (Å²) in [6.07, 6.45) is 0. The number of rotatable bonds is 6. The molecular weight excluding hydrogens is 261 g/mol. The van der Waals surface area contributed by atoms with Crippen LogP contribution in [-0.2, 0) is 11.3 Å². The second kappa shape index (κ2) is 6.09. The van der Waals surface area contributed by atoms with Crippen LogP contribution in [-0.4, -0.2) is 29.9 Å². The number of hydrogen-bond donors (Lipinski definition) is 1. The Bertz CT molecular complexity index is 596. The number of methoxy groups -OCH3 is 1. The molecule has 0 saturated carbocycles. The third-order valence-corrected chi connectivity index (χ3v) is 2.96. The summed E-state index contributed by atoms with van der Waals surface area (Å²) < 4.78 is 25.9. The molecule has 5 nitrogen and oxygen atoms in total. The molecule has 0 unspecified atom stereocenters. The molecule has 2 N–H and O–H groups in total. The Morgan fingerprint density at radius 3 is 2.80 bits per heavy atom. The number of nitrogens with zero attached hydrogens (tertiary/aromatic N) is 2. The zero-order valence-electron chi connectivity index (χ0n) is 12.0. The molecule has 1 heterocycles. The maximum atomic E-state index is 13.6. The van der Waals surface area contributed by atoms with Crippen LogP contribution in [0.1, 0.15) is 13.8 Å². The van der Waals surface area contributed by atoms with E-state index in [1.54, 1.807) is 10.6 Å². The van der Waals surface area contributed by atoms with Crippen LogP contribution in [0.3, 0.4) is 0 Å². The summed E-state index contributed by atoms with van der Waals surface area (Å²) in [4.78, 5) is 4.15. The third-order valence-electron chi connectivity index (χ3n) is 2.96. The summed E-state index contributed by atoms with van der Waals surface area (Å²) in [5, 5.41) is 0. The van der Waals surface area contributed by atoms with Crippen LogP contribution >= 0.6 is 0 Å². The predicted molar refractivity (Wildman–Crippen MR) is 76.3 cm³/mol. The summed E-state index contributed by atoms with van der Waals surface area (Å²) in [7, 11) is 1.43. The van der Waals surface area contributed by atoms with Crippen LogP contribution in [0.15, 0.2) is 12.1 Å². The Kier molecular flexibility index (Phi) is 4.44. The highest BCUT2D eigenvalue weighted by atomic mass is 19.1. The van der Waals surface area contributed by atoms with Crippen LogP contribution in [0.25, 0.3) is 11.0 Å². The SMILES string of the molecule is COc1cc2c(cc1F)nc(N)n2CCOCC(C)C. The molecule has 20 heavy (non-hydrogen) atoms. The number of ether oxygens (including phenoxy) is 2. The molecule has 0 aliphatic heterocycles. The van der Waals surface area contributed by atoms with Gasteiger partial charge in [0.15, 0.2) is 11.6 Å². The molecule has 110 valence electrons. The monoisotopic (exact) mass is 281 g/mol. The highest BCUT2D eigenvalue weighted by molar-refractivity contribution is 5.80. The van der Waals surface area contributed by atoms with Crippen molar-refractivity contribution in [3.63, 3.8) is 0 Å². The highest BCUT2D eigenvalue weighted by Crippen LogP contribution is 2.26. The Morgan fingerprint density at radius 2 is 2.15 bits per heavy atom. The zero-order valence-corrected chi connectivity index (χ0v) is 12.0. The predicted octanol–water partition coefficient (Wildman–Crippen LogP) is 2.44. The lowest BCUT2D eigenvalue weighted by molar-refractivity contribution is 0.104. The van der Waals surface area contributed by atoms with Crippen LogP contribution < -0.4 is 10.5 Å². The van der Waals surface area contributed by atoms with Crippen molar-refractivity contribution in [1.82, 2.24) is 9.55 Å². The lowest BCUT2D eigenvalue weighted by Gasteiger charge is -2.09. The number of anilines is 1. The quantitative estimate of drug-likeness (QED) is 0.826. The lowest BCUT2D eigenvalue weighted by Crippen LogP contribution is -2.11. The van der Waals surface area contributed by atoms with Gasteiger partial charge in [-0.1, -0.05) is 13.8 Å². The minimum Gasteiger partial charge on any atom is -0.494 e. The van der Waals surface area contributed by atoms with Gasteiger partial charge in [-0.3, -0.25) is 0 Å². The van der Waals surface area contributed by atoms with Crippen molar-refractivity contribution in [2.75, 3.05) is 26.1 Å². The number of fused-ring (bicyclic) bond motifs is 1. The van der Waals surface area contributed by atoms with Crippen molar-refractivity contribution in [2.45, 2.75) is 20.4 Å². The molecular formula is C14H20FN3O2. The maximum absolute atomic E-state index is 13.6. The molecule has 0 aliphatic rings. The second-order valence-electron chi connectivity index (χ2n) is 5.07. The van der Waals surface area contributed by atoms with E-state index in [0.717, 1.165) is 5.52 Å². The number of aromatic nitrogens is 2. The van der Waals surface area contributed by atoms with Gasteiger partial charge in [-0.05, 0) is 5.92 Å². The summed E-state index contributed by atoms with van der Waals surface area (Å²) in [6.45, 7) is 5.99. The van der Waals surface area contributed by atoms with Gasteiger partial charge < -0.3 is 19.8 Å². The minimum absolute atomic E-state index is 0.182. The third kappa shape index (κ3) is 3.01. The molecule has 0 radical (unpaired) electrons. The number of nitrogen functional groups attached to an aromatic ring is 1. The molecule has 0 aliphatic carbocycles. The lowest BCUT2D eigenvalue weighted by atomic mass is 10.2. The molecule has 2 aromatic rings. The van der Waals surface area contributed by atoms with E-state index in [0.29, 0.717) is 37.1 Å². The van der Waals surface area contributed by atoms with Crippen molar-refractivity contribution in [2.24, 2.45) is 5.92 Å². The van der Waals surface area contributed by atoms with E-state index in [4.69, 9.17) is 15.2 Å². The first-order valence-electron chi connectivity index (χ1n) is 6.60. The Hall–Kier alpha value is -1.82. The fourth-order valence-electron chi connectivity index (χ4n) is 2.01. The van der Waals surface area contributed by atoms with E-state index < -0.39 is 5.82 Å². The van der Waals surface area contributed by atoms with Crippen molar-refractivity contribution in [1.29, 1.82) is 0 Å². The highest BCUT2D eigenvalue weighted by Gasteiger charge is 2.12. The summed E-state index contributed by atoms with van der Waals surface area (Å²) in [6, 6.07) is 2.94. The van der Waals surface area contributed by atoms with Gasteiger partial charge in [0.2, 0.25) is 5.95 Å². The van der Waals surface area contributed by atoms with Gasteiger partial charge in [0.1, 0.15) is 0 Å². The topological polar surface area (TPSA) is 62.3 Å². The number of benzene rings is 1. The molecule has 0 saturated heterocycles. The average molecular weight is 281 g/mol. The first-order valence-corrected chi connectivity index (χ1v) is 6.60. The van der Waals surface area contributed by atoms with Crippen molar-refractivity contribution < 1.29 is 13.9 Å². The fourth-order valence-corrected chi connectivity index (χ4v) is 2.01. The van der Waals surface area contributed by atoms with Gasteiger partial charge in [0, 0.05) is 25.3 Å². The molecule has 1 aromatic carbocycles. The largest absolute Gasteiger partial charge is 0.494 e. The van der Waals surface area contributed by atoms with Gasteiger partial charge in [-0.2, -0.15) is 0 Å². The molecule has 1 aromatic heterocycles.